The Hall–Kier alpha value is 0.430. The van der Waals surface area contributed by atoms with Crippen molar-refractivity contribution in [1.82, 2.24) is 0 Å². The van der Waals surface area contributed by atoms with Crippen LogP contribution in [0.3, 0.4) is 0 Å². The molecule has 0 aliphatic rings. The summed E-state index contributed by atoms with van der Waals surface area (Å²) in [6.07, 6.45) is 0.972. The Morgan fingerprint density at radius 2 is 2.12 bits per heavy atom. The van der Waals surface area contributed by atoms with Crippen LogP contribution in [-0.4, -0.2) is 5.97 Å². The standard InChI is InChI=1S/C4H5BrO2.Ag/c1-3(5)2-4(6)7;/h2H,1H3,(H,6,7);/q;+1/p-1/b3-2-;. The first-order valence-electron chi connectivity index (χ1n) is 1.67. The van der Waals surface area contributed by atoms with Gasteiger partial charge in [0.1, 0.15) is 0 Å². The second-order valence-electron chi connectivity index (χ2n) is 1.05. The first-order chi connectivity index (χ1) is 3.13. The molecule has 0 bridgehead atoms. The van der Waals surface area contributed by atoms with E-state index < -0.39 is 5.97 Å². The average Bonchev–Trinajstić information content (AvgIpc) is 1.27. The van der Waals surface area contributed by atoms with Crippen LogP contribution in [0.25, 0.3) is 0 Å². The van der Waals surface area contributed by atoms with E-state index >= 15 is 0 Å². The number of hydrogen-bond donors (Lipinski definition) is 0. The van der Waals surface area contributed by atoms with Crippen molar-refractivity contribution in [3.05, 3.63) is 10.6 Å². The molecule has 4 heteroatoms. The van der Waals surface area contributed by atoms with Gasteiger partial charge in [0.05, 0.1) is 5.97 Å². The topological polar surface area (TPSA) is 40.1 Å². The molecule has 0 aliphatic carbocycles. The Labute approximate surface area is 71.6 Å². The number of halogens is 1. The van der Waals surface area contributed by atoms with Crippen molar-refractivity contribution >= 4 is 21.9 Å². The van der Waals surface area contributed by atoms with Crippen molar-refractivity contribution < 1.29 is 32.3 Å². The summed E-state index contributed by atoms with van der Waals surface area (Å²) >= 11 is 2.92. The van der Waals surface area contributed by atoms with E-state index in [2.05, 4.69) is 15.9 Å². The number of carbonyl (C=O) groups is 1. The van der Waals surface area contributed by atoms with Crippen LogP contribution in [0.1, 0.15) is 6.92 Å². The van der Waals surface area contributed by atoms with E-state index in [9.17, 15) is 9.90 Å². The van der Waals surface area contributed by atoms with Gasteiger partial charge in [-0.2, -0.15) is 0 Å². The zero-order chi connectivity index (χ0) is 5.86. The first-order valence-corrected chi connectivity index (χ1v) is 2.47. The van der Waals surface area contributed by atoms with Gasteiger partial charge in [-0.15, -0.1) is 0 Å². The summed E-state index contributed by atoms with van der Waals surface area (Å²) < 4.78 is 0.563. The van der Waals surface area contributed by atoms with Crippen LogP contribution in [0, 0.1) is 0 Å². The van der Waals surface area contributed by atoms with Gasteiger partial charge >= 0.3 is 22.4 Å². The minimum absolute atomic E-state index is 0. The molecule has 0 N–H and O–H groups in total. The number of allylic oxidation sites excluding steroid dienone is 1. The van der Waals surface area contributed by atoms with Crippen molar-refractivity contribution in [3.63, 3.8) is 0 Å². The van der Waals surface area contributed by atoms with E-state index in [0.717, 1.165) is 6.08 Å². The van der Waals surface area contributed by atoms with E-state index in [1.165, 1.54) is 0 Å². The molecule has 8 heavy (non-hydrogen) atoms. The molecular formula is C4H4AgBrO2. The van der Waals surface area contributed by atoms with Crippen molar-refractivity contribution in [2.75, 3.05) is 0 Å². The first kappa shape index (κ1) is 11.3. The monoisotopic (exact) mass is 270 g/mol. The van der Waals surface area contributed by atoms with Gasteiger partial charge in [0.15, 0.2) is 0 Å². The van der Waals surface area contributed by atoms with E-state index in [1.807, 2.05) is 0 Å². The zero-order valence-electron chi connectivity index (χ0n) is 4.07. The summed E-state index contributed by atoms with van der Waals surface area (Å²) in [5, 5.41) is 9.59. The normalized spacial score (nSPS) is 10.0. The van der Waals surface area contributed by atoms with Crippen molar-refractivity contribution in [2.45, 2.75) is 6.92 Å². The van der Waals surface area contributed by atoms with Crippen LogP contribution in [0.15, 0.2) is 10.6 Å². The summed E-state index contributed by atoms with van der Waals surface area (Å²) in [5.74, 6) is -1.17. The van der Waals surface area contributed by atoms with E-state index in [4.69, 9.17) is 0 Å². The molecule has 0 unspecified atom stereocenters. The minimum Gasteiger partial charge on any atom is -0.545 e. The Kier molecular flexibility index (Phi) is 7.83. The molecule has 0 aromatic heterocycles. The van der Waals surface area contributed by atoms with E-state index in [-0.39, 0.29) is 22.4 Å². The fourth-order valence-corrected chi connectivity index (χ4v) is 0.349. The quantitative estimate of drug-likeness (QED) is 0.499. The zero-order valence-corrected chi connectivity index (χ0v) is 7.14. The van der Waals surface area contributed by atoms with Crippen LogP contribution >= 0.6 is 15.9 Å². The molecule has 0 heterocycles. The molecule has 0 fully saturated rings. The number of hydrogen-bond acceptors (Lipinski definition) is 2. The molecular weight excluding hydrogens is 268 g/mol. The third-order valence-corrected chi connectivity index (χ3v) is 0.546. The van der Waals surface area contributed by atoms with Gasteiger partial charge in [0.2, 0.25) is 0 Å². The van der Waals surface area contributed by atoms with Gasteiger partial charge in [0.25, 0.3) is 0 Å². The fraction of sp³-hybridized carbons (Fsp3) is 0.250. The summed E-state index contributed by atoms with van der Waals surface area (Å²) in [4.78, 5) is 9.59. The summed E-state index contributed by atoms with van der Waals surface area (Å²) in [7, 11) is 0. The molecule has 50 valence electrons. The van der Waals surface area contributed by atoms with Crippen molar-refractivity contribution in [3.8, 4) is 0 Å². The summed E-state index contributed by atoms with van der Waals surface area (Å²) in [6.45, 7) is 1.62. The Morgan fingerprint density at radius 1 is 1.75 bits per heavy atom. The number of carboxylic acid groups (broad SMARTS) is 1. The molecule has 0 aromatic carbocycles. The molecule has 2 nitrogen and oxygen atoms in total. The second kappa shape index (κ2) is 5.56. The number of aliphatic carboxylic acids is 1. The van der Waals surface area contributed by atoms with Gasteiger partial charge < -0.3 is 9.90 Å². The molecule has 0 rings (SSSR count). The van der Waals surface area contributed by atoms with E-state index in [1.54, 1.807) is 6.92 Å². The van der Waals surface area contributed by atoms with Crippen LogP contribution < -0.4 is 5.11 Å². The number of carbonyl (C=O) groups excluding carboxylic acids is 1. The largest absolute Gasteiger partial charge is 1.00 e. The summed E-state index contributed by atoms with van der Waals surface area (Å²) in [5.41, 5.74) is 0. The number of rotatable bonds is 1. The van der Waals surface area contributed by atoms with Crippen LogP contribution in [-0.2, 0) is 27.2 Å². The third kappa shape index (κ3) is 9.66. The predicted molar refractivity (Wildman–Crippen MR) is 27.7 cm³/mol. The van der Waals surface area contributed by atoms with Gasteiger partial charge in [-0.05, 0) is 17.5 Å². The average molecular weight is 272 g/mol. The van der Waals surface area contributed by atoms with Gasteiger partial charge in [-0.3, -0.25) is 0 Å². The van der Waals surface area contributed by atoms with Crippen LogP contribution in [0.4, 0.5) is 0 Å². The second-order valence-corrected chi connectivity index (χ2v) is 2.30. The van der Waals surface area contributed by atoms with Crippen LogP contribution in [0.2, 0.25) is 0 Å². The molecule has 0 spiro atoms. The maximum absolute atomic E-state index is 9.59. The predicted octanol–water partition coefficient (Wildman–Crippen LogP) is 0.0325. The minimum atomic E-state index is -1.17. The molecule has 0 aliphatic heterocycles. The SMILES string of the molecule is C/C(Br)=C/C(=O)[O-].[Ag+]. The molecule has 0 radical (unpaired) electrons. The molecule has 0 aromatic rings. The Morgan fingerprint density at radius 3 is 2.12 bits per heavy atom. The van der Waals surface area contributed by atoms with E-state index in [0.29, 0.717) is 4.48 Å². The maximum atomic E-state index is 9.59. The fourth-order valence-electron chi connectivity index (χ4n) is 0.162. The maximum Gasteiger partial charge on any atom is 1.00 e. The van der Waals surface area contributed by atoms with Gasteiger partial charge in [0, 0.05) is 0 Å². The van der Waals surface area contributed by atoms with Crippen molar-refractivity contribution in [1.29, 1.82) is 0 Å². The van der Waals surface area contributed by atoms with Gasteiger partial charge in [-0.25, -0.2) is 0 Å². The Bertz CT molecular complexity index is 107. The van der Waals surface area contributed by atoms with Gasteiger partial charge in [-0.1, -0.05) is 15.9 Å². The molecule has 0 amide bonds. The van der Waals surface area contributed by atoms with Crippen LogP contribution in [0.5, 0.6) is 0 Å². The number of carboxylic acids is 1. The third-order valence-electron chi connectivity index (χ3n) is 0.317. The molecule has 0 atom stereocenters. The molecule has 0 saturated heterocycles. The summed E-state index contributed by atoms with van der Waals surface area (Å²) in [6, 6.07) is 0. The Balaban J connectivity index is 0. The van der Waals surface area contributed by atoms with Crippen molar-refractivity contribution in [2.24, 2.45) is 0 Å². The smallest absolute Gasteiger partial charge is 0.545 e. The molecule has 0 saturated carbocycles.